The molecule has 1 aromatic carbocycles. The predicted octanol–water partition coefficient (Wildman–Crippen LogP) is 1.74. The maximum atomic E-state index is 5.55. The third-order valence-corrected chi connectivity index (χ3v) is 2.49. The van der Waals surface area contributed by atoms with Gasteiger partial charge in [-0.1, -0.05) is 6.07 Å². The van der Waals surface area contributed by atoms with Crippen molar-refractivity contribution in [2.75, 3.05) is 6.61 Å². The zero-order chi connectivity index (χ0) is 8.84. The standard InChI is InChI=1S/C10H10N2O/c1-7-11-8-3-2-4-9-10(8)12(7)5-6-13-9/h2-4H,5-6H2,1H3. The number of nitrogens with zero attached hydrogens (tertiary/aromatic N) is 2. The highest BCUT2D eigenvalue weighted by Crippen LogP contribution is 2.28. The number of rotatable bonds is 0. The molecular formula is C10H10N2O. The molecular weight excluding hydrogens is 164 g/mol. The molecule has 3 rings (SSSR count). The largest absolute Gasteiger partial charge is 0.489 e. The van der Waals surface area contributed by atoms with Crippen LogP contribution in [-0.2, 0) is 6.54 Å². The first-order valence-electron chi connectivity index (χ1n) is 4.45. The van der Waals surface area contributed by atoms with E-state index in [2.05, 4.69) is 9.55 Å². The van der Waals surface area contributed by atoms with Gasteiger partial charge in [-0.2, -0.15) is 0 Å². The van der Waals surface area contributed by atoms with Crippen molar-refractivity contribution in [3.05, 3.63) is 24.0 Å². The molecule has 2 aromatic rings. The Morgan fingerprint density at radius 1 is 1.46 bits per heavy atom. The predicted molar refractivity (Wildman–Crippen MR) is 50.0 cm³/mol. The van der Waals surface area contributed by atoms with Gasteiger partial charge in [-0.05, 0) is 19.1 Å². The lowest BCUT2D eigenvalue weighted by Crippen LogP contribution is -2.14. The third kappa shape index (κ3) is 0.813. The number of hydrogen-bond acceptors (Lipinski definition) is 2. The Hall–Kier alpha value is -1.51. The van der Waals surface area contributed by atoms with Crippen LogP contribution in [0.15, 0.2) is 18.2 Å². The first-order valence-corrected chi connectivity index (χ1v) is 4.45. The van der Waals surface area contributed by atoms with Gasteiger partial charge in [-0.15, -0.1) is 0 Å². The van der Waals surface area contributed by atoms with E-state index in [0.29, 0.717) is 0 Å². The summed E-state index contributed by atoms with van der Waals surface area (Å²) in [6.07, 6.45) is 0. The van der Waals surface area contributed by atoms with E-state index in [1.807, 2.05) is 25.1 Å². The fraction of sp³-hybridized carbons (Fsp3) is 0.300. The van der Waals surface area contributed by atoms with Crippen LogP contribution in [0, 0.1) is 6.92 Å². The van der Waals surface area contributed by atoms with Crippen molar-refractivity contribution in [3.63, 3.8) is 0 Å². The van der Waals surface area contributed by atoms with Crippen molar-refractivity contribution in [2.45, 2.75) is 13.5 Å². The summed E-state index contributed by atoms with van der Waals surface area (Å²) in [5.74, 6) is 2.04. The van der Waals surface area contributed by atoms with Crippen molar-refractivity contribution in [1.82, 2.24) is 9.55 Å². The molecule has 1 aliphatic heterocycles. The van der Waals surface area contributed by atoms with Gasteiger partial charge in [0.1, 0.15) is 23.7 Å². The van der Waals surface area contributed by atoms with E-state index in [4.69, 9.17) is 4.74 Å². The van der Waals surface area contributed by atoms with E-state index < -0.39 is 0 Å². The summed E-state index contributed by atoms with van der Waals surface area (Å²) in [4.78, 5) is 4.47. The lowest BCUT2D eigenvalue weighted by atomic mass is 10.2. The van der Waals surface area contributed by atoms with Gasteiger partial charge in [0.15, 0.2) is 0 Å². The monoisotopic (exact) mass is 174 g/mol. The van der Waals surface area contributed by atoms with Crippen LogP contribution in [0.5, 0.6) is 5.75 Å². The number of hydrogen-bond donors (Lipinski definition) is 0. The Labute approximate surface area is 76.0 Å². The molecule has 2 heterocycles. The van der Waals surface area contributed by atoms with Crippen LogP contribution < -0.4 is 4.74 Å². The van der Waals surface area contributed by atoms with Crippen molar-refractivity contribution >= 4 is 11.0 Å². The fourth-order valence-corrected chi connectivity index (χ4v) is 1.91. The second kappa shape index (κ2) is 2.25. The van der Waals surface area contributed by atoms with Crippen LogP contribution in [0.3, 0.4) is 0 Å². The molecule has 3 heteroatoms. The van der Waals surface area contributed by atoms with Gasteiger partial charge in [-0.3, -0.25) is 0 Å². The number of aryl methyl sites for hydroxylation is 1. The summed E-state index contributed by atoms with van der Waals surface area (Å²) < 4.78 is 7.76. The summed E-state index contributed by atoms with van der Waals surface area (Å²) in [5, 5.41) is 0. The van der Waals surface area contributed by atoms with Gasteiger partial charge in [0, 0.05) is 0 Å². The topological polar surface area (TPSA) is 27.1 Å². The van der Waals surface area contributed by atoms with Gasteiger partial charge < -0.3 is 9.30 Å². The molecule has 1 aliphatic rings. The van der Waals surface area contributed by atoms with Crippen molar-refractivity contribution in [2.24, 2.45) is 0 Å². The average Bonchev–Trinajstić information content (AvgIpc) is 2.47. The number of imidazole rings is 1. The van der Waals surface area contributed by atoms with Crippen LogP contribution in [0.25, 0.3) is 11.0 Å². The molecule has 0 N–H and O–H groups in total. The van der Waals surface area contributed by atoms with E-state index in [0.717, 1.165) is 35.8 Å². The van der Waals surface area contributed by atoms with Crippen molar-refractivity contribution in [3.8, 4) is 5.75 Å². The minimum atomic E-state index is 0.753. The molecule has 3 nitrogen and oxygen atoms in total. The second-order valence-electron chi connectivity index (χ2n) is 3.28. The summed E-state index contributed by atoms with van der Waals surface area (Å²) in [6, 6.07) is 6.01. The van der Waals surface area contributed by atoms with Crippen LogP contribution in [0.4, 0.5) is 0 Å². The molecule has 0 saturated heterocycles. The number of para-hydroxylation sites is 1. The number of aromatic nitrogens is 2. The molecule has 66 valence electrons. The molecule has 1 aromatic heterocycles. The summed E-state index contributed by atoms with van der Waals surface area (Å²) in [7, 11) is 0. The number of ether oxygens (including phenoxy) is 1. The summed E-state index contributed by atoms with van der Waals surface area (Å²) in [5.41, 5.74) is 2.18. The molecule has 0 radical (unpaired) electrons. The molecule has 0 bridgehead atoms. The van der Waals surface area contributed by atoms with Crippen molar-refractivity contribution < 1.29 is 4.74 Å². The molecule has 0 atom stereocenters. The lowest BCUT2D eigenvalue weighted by Gasteiger charge is -2.16. The highest BCUT2D eigenvalue weighted by atomic mass is 16.5. The highest BCUT2D eigenvalue weighted by molar-refractivity contribution is 5.83. The quantitative estimate of drug-likeness (QED) is 0.608. The molecule has 0 aliphatic carbocycles. The molecule has 13 heavy (non-hydrogen) atoms. The van der Waals surface area contributed by atoms with Crippen LogP contribution in [-0.4, -0.2) is 16.2 Å². The highest BCUT2D eigenvalue weighted by Gasteiger charge is 2.15. The lowest BCUT2D eigenvalue weighted by molar-refractivity contribution is 0.285. The van der Waals surface area contributed by atoms with Gasteiger partial charge >= 0.3 is 0 Å². The van der Waals surface area contributed by atoms with Crippen LogP contribution in [0.1, 0.15) is 5.82 Å². The number of benzene rings is 1. The molecule has 0 spiro atoms. The van der Waals surface area contributed by atoms with Crippen LogP contribution in [0.2, 0.25) is 0 Å². The normalized spacial score (nSPS) is 14.5. The Morgan fingerprint density at radius 2 is 2.38 bits per heavy atom. The molecule has 0 unspecified atom stereocenters. The molecule has 0 amide bonds. The smallest absolute Gasteiger partial charge is 0.145 e. The van der Waals surface area contributed by atoms with Crippen LogP contribution >= 0.6 is 0 Å². The van der Waals surface area contributed by atoms with E-state index >= 15 is 0 Å². The van der Waals surface area contributed by atoms with E-state index in [-0.39, 0.29) is 0 Å². The zero-order valence-corrected chi connectivity index (χ0v) is 7.45. The van der Waals surface area contributed by atoms with Gasteiger partial charge in [0.05, 0.1) is 12.1 Å². The SMILES string of the molecule is Cc1nc2cccc3c2n1CCO3. The first-order chi connectivity index (χ1) is 6.36. The summed E-state index contributed by atoms with van der Waals surface area (Å²) >= 11 is 0. The summed E-state index contributed by atoms with van der Waals surface area (Å²) in [6.45, 7) is 3.71. The maximum absolute atomic E-state index is 5.55. The van der Waals surface area contributed by atoms with E-state index in [9.17, 15) is 0 Å². The average molecular weight is 174 g/mol. The first kappa shape index (κ1) is 6.95. The second-order valence-corrected chi connectivity index (χ2v) is 3.28. The van der Waals surface area contributed by atoms with Gasteiger partial charge in [0.25, 0.3) is 0 Å². The molecule has 0 fully saturated rings. The Balaban J connectivity index is 2.51. The zero-order valence-electron chi connectivity index (χ0n) is 7.45. The Bertz CT molecular complexity index is 473. The minimum absolute atomic E-state index is 0.753. The third-order valence-electron chi connectivity index (χ3n) is 2.49. The van der Waals surface area contributed by atoms with Crippen molar-refractivity contribution in [1.29, 1.82) is 0 Å². The van der Waals surface area contributed by atoms with Gasteiger partial charge in [-0.25, -0.2) is 4.98 Å². The van der Waals surface area contributed by atoms with E-state index in [1.54, 1.807) is 0 Å². The van der Waals surface area contributed by atoms with E-state index in [1.165, 1.54) is 0 Å². The molecule has 0 saturated carbocycles. The fourth-order valence-electron chi connectivity index (χ4n) is 1.91. The Kier molecular flexibility index (Phi) is 1.20. The maximum Gasteiger partial charge on any atom is 0.145 e. The minimum Gasteiger partial charge on any atom is -0.489 e. The van der Waals surface area contributed by atoms with Gasteiger partial charge in [0.2, 0.25) is 0 Å². The Morgan fingerprint density at radius 3 is 3.31 bits per heavy atom.